The van der Waals surface area contributed by atoms with Crippen molar-refractivity contribution in [2.45, 2.75) is 38.4 Å². The van der Waals surface area contributed by atoms with Gasteiger partial charge in [0.15, 0.2) is 0 Å². The normalized spacial score (nSPS) is 17.1. The van der Waals surface area contributed by atoms with Gasteiger partial charge in [-0.1, -0.05) is 60.5 Å². The Morgan fingerprint density at radius 2 is 1.97 bits per heavy atom. The average Bonchev–Trinajstić information content (AvgIpc) is 3.24. The lowest BCUT2D eigenvalue weighted by Gasteiger charge is -2.35. The van der Waals surface area contributed by atoms with Gasteiger partial charge in [0.1, 0.15) is 0 Å². The van der Waals surface area contributed by atoms with Crippen LogP contribution in [0.25, 0.3) is 0 Å². The first-order valence-corrected chi connectivity index (χ1v) is 10.8. The summed E-state index contributed by atoms with van der Waals surface area (Å²) in [5.41, 5.74) is 3.87. The lowest BCUT2D eigenvalue weighted by atomic mass is 9.96. The highest BCUT2D eigenvalue weighted by molar-refractivity contribution is 6.30. The first-order chi connectivity index (χ1) is 14.6. The fourth-order valence-corrected chi connectivity index (χ4v) is 4.45. The lowest BCUT2D eigenvalue weighted by molar-refractivity contribution is 0.0776. The van der Waals surface area contributed by atoms with Crippen LogP contribution in [0.3, 0.4) is 0 Å². The number of aromatic nitrogens is 2. The van der Waals surface area contributed by atoms with E-state index in [2.05, 4.69) is 21.2 Å². The summed E-state index contributed by atoms with van der Waals surface area (Å²) in [5, 5.41) is 8.13. The van der Waals surface area contributed by atoms with Gasteiger partial charge in [-0.05, 0) is 42.6 Å². The number of aromatic amines is 1. The monoisotopic (exact) mass is 422 g/mol. The van der Waals surface area contributed by atoms with Crippen molar-refractivity contribution in [1.82, 2.24) is 20.0 Å². The Morgan fingerprint density at radius 1 is 1.17 bits per heavy atom. The summed E-state index contributed by atoms with van der Waals surface area (Å²) in [6, 6.07) is 18.2. The Labute approximate surface area is 182 Å². The minimum Gasteiger partial charge on any atom is -0.337 e. The summed E-state index contributed by atoms with van der Waals surface area (Å²) in [7, 11) is 1.84. The van der Waals surface area contributed by atoms with Crippen LogP contribution in [0, 0.1) is 0 Å². The molecule has 0 radical (unpaired) electrons. The summed E-state index contributed by atoms with van der Waals surface area (Å²) in [5.74, 6) is -0.00381. The molecule has 2 heterocycles. The number of rotatable bonds is 6. The van der Waals surface area contributed by atoms with Crippen LogP contribution in [-0.4, -0.2) is 39.5 Å². The van der Waals surface area contributed by atoms with Crippen LogP contribution < -0.4 is 0 Å². The van der Waals surface area contributed by atoms with Crippen LogP contribution in [0.4, 0.5) is 0 Å². The molecule has 1 aliphatic heterocycles. The molecule has 3 aromatic rings. The molecule has 0 saturated carbocycles. The van der Waals surface area contributed by atoms with Crippen LogP contribution in [0.5, 0.6) is 0 Å². The Kier molecular flexibility index (Phi) is 6.50. The zero-order valence-electron chi connectivity index (χ0n) is 17.2. The number of nitrogens with one attached hydrogen (secondary N) is 1. The molecule has 1 atom stereocenters. The number of hydrogen-bond donors (Lipinski definition) is 1. The number of halogens is 1. The fourth-order valence-electron chi connectivity index (χ4n) is 4.23. The van der Waals surface area contributed by atoms with Crippen LogP contribution in [-0.2, 0) is 13.1 Å². The van der Waals surface area contributed by atoms with Crippen LogP contribution >= 0.6 is 11.6 Å². The lowest BCUT2D eigenvalue weighted by Crippen LogP contribution is -2.35. The van der Waals surface area contributed by atoms with Crippen LogP contribution in [0.2, 0.25) is 5.02 Å². The number of piperidine rings is 1. The third kappa shape index (κ3) is 4.74. The predicted molar refractivity (Wildman–Crippen MR) is 119 cm³/mol. The first kappa shape index (κ1) is 20.6. The maximum atomic E-state index is 13.2. The Bertz CT molecular complexity index is 988. The molecule has 0 unspecified atom stereocenters. The molecule has 0 aliphatic carbocycles. The standard InChI is InChI=1S/C24H27ClN4O/c1-28(16-18-8-3-2-4-9-18)24(30)21-15-26-27-23(21)22-12-5-6-13-29(22)17-19-10-7-11-20(25)14-19/h2-4,7-11,14-15,22H,5-6,12-13,16-17H2,1H3,(H,26,27)/t22-/m1/s1. The van der Waals surface area contributed by atoms with Crippen LogP contribution in [0.1, 0.15) is 52.5 Å². The van der Waals surface area contributed by atoms with E-state index in [-0.39, 0.29) is 11.9 Å². The molecule has 0 bridgehead atoms. The molecule has 4 rings (SSSR count). The predicted octanol–water partition coefficient (Wildman–Crippen LogP) is 5.06. The highest BCUT2D eigenvalue weighted by atomic mass is 35.5. The van der Waals surface area contributed by atoms with E-state index < -0.39 is 0 Å². The van der Waals surface area contributed by atoms with Crippen molar-refractivity contribution >= 4 is 17.5 Å². The van der Waals surface area contributed by atoms with Crippen molar-refractivity contribution in [3.05, 3.63) is 88.2 Å². The van der Waals surface area contributed by atoms with Gasteiger partial charge < -0.3 is 4.90 Å². The number of likely N-dealkylation sites (tertiary alicyclic amines) is 1. The molecule has 1 N–H and O–H groups in total. The second kappa shape index (κ2) is 9.45. The highest BCUT2D eigenvalue weighted by Crippen LogP contribution is 2.33. The summed E-state index contributed by atoms with van der Waals surface area (Å²) < 4.78 is 0. The van der Waals surface area contributed by atoms with Crippen molar-refractivity contribution in [3.63, 3.8) is 0 Å². The van der Waals surface area contributed by atoms with Gasteiger partial charge in [-0.2, -0.15) is 5.10 Å². The summed E-state index contributed by atoms with van der Waals surface area (Å²) in [4.78, 5) is 17.4. The molecule has 30 heavy (non-hydrogen) atoms. The SMILES string of the molecule is CN(Cc1ccccc1)C(=O)c1cn[nH]c1[C@H]1CCCCN1Cc1cccc(Cl)c1. The Balaban J connectivity index is 1.53. The molecule has 156 valence electrons. The molecule has 2 aromatic carbocycles. The number of benzene rings is 2. The average molecular weight is 423 g/mol. The molecule has 1 aliphatic rings. The van der Waals surface area contributed by atoms with Crippen molar-refractivity contribution in [3.8, 4) is 0 Å². The van der Waals surface area contributed by atoms with Gasteiger partial charge >= 0.3 is 0 Å². The number of carbonyl (C=O) groups excluding carboxylic acids is 1. The summed E-state index contributed by atoms with van der Waals surface area (Å²) in [6.45, 7) is 2.36. The molecule has 5 nitrogen and oxygen atoms in total. The first-order valence-electron chi connectivity index (χ1n) is 10.4. The summed E-state index contributed by atoms with van der Waals surface area (Å²) >= 11 is 6.18. The van der Waals surface area contributed by atoms with E-state index in [0.717, 1.165) is 48.6 Å². The van der Waals surface area contributed by atoms with E-state index in [4.69, 9.17) is 11.6 Å². The molecule has 1 saturated heterocycles. The van der Waals surface area contributed by atoms with E-state index in [1.165, 1.54) is 5.56 Å². The minimum atomic E-state index is -0.00381. The molecule has 0 spiro atoms. The van der Waals surface area contributed by atoms with E-state index >= 15 is 0 Å². The van der Waals surface area contributed by atoms with Crippen molar-refractivity contribution < 1.29 is 4.79 Å². The molecule has 1 aromatic heterocycles. The van der Waals surface area contributed by atoms with Crippen molar-refractivity contribution in [1.29, 1.82) is 0 Å². The zero-order valence-corrected chi connectivity index (χ0v) is 18.0. The Morgan fingerprint density at radius 3 is 2.77 bits per heavy atom. The van der Waals surface area contributed by atoms with Crippen LogP contribution in [0.15, 0.2) is 60.8 Å². The van der Waals surface area contributed by atoms with Gasteiger partial charge in [0, 0.05) is 25.2 Å². The maximum absolute atomic E-state index is 13.2. The van der Waals surface area contributed by atoms with Gasteiger partial charge in [-0.3, -0.25) is 14.8 Å². The largest absolute Gasteiger partial charge is 0.337 e. The quantitative estimate of drug-likeness (QED) is 0.603. The maximum Gasteiger partial charge on any atom is 0.257 e. The van der Waals surface area contributed by atoms with Gasteiger partial charge in [-0.25, -0.2) is 0 Å². The highest BCUT2D eigenvalue weighted by Gasteiger charge is 2.30. The Hall–Kier alpha value is -2.63. The second-order valence-corrected chi connectivity index (χ2v) is 8.39. The molecular weight excluding hydrogens is 396 g/mol. The van der Waals surface area contributed by atoms with Crippen molar-refractivity contribution in [2.24, 2.45) is 0 Å². The zero-order chi connectivity index (χ0) is 20.9. The number of amides is 1. The molecule has 1 fully saturated rings. The minimum absolute atomic E-state index is 0.00381. The number of hydrogen-bond acceptors (Lipinski definition) is 3. The molecule has 6 heteroatoms. The number of nitrogens with zero attached hydrogens (tertiary/aromatic N) is 3. The van der Waals surface area contributed by atoms with Gasteiger partial charge in [0.25, 0.3) is 5.91 Å². The topological polar surface area (TPSA) is 52.2 Å². The van der Waals surface area contributed by atoms with Gasteiger partial charge in [-0.15, -0.1) is 0 Å². The van der Waals surface area contributed by atoms with Crippen molar-refractivity contribution in [2.75, 3.05) is 13.6 Å². The van der Waals surface area contributed by atoms with E-state index in [0.29, 0.717) is 12.1 Å². The fraction of sp³-hybridized carbons (Fsp3) is 0.333. The smallest absolute Gasteiger partial charge is 0.257 e. The van der Waals surface area contributed by atoms with E-state index in [1.807, 2.05) is 55.6 Å². The third-order valence-electron chi connectivity index (χ3n) is 5.73. The number of H-pyrrole nitrogens is 1. The number of carbonyl (C=O) groups is 1. The molecular formula is C24H27ClN4O. The third-order valence-corrected chi connectivity index (χ3v) is 5.97. The van der Waals surface area contributed by atoms with Gasteiger partial charge in [0.2, 0.25) is 0 Å². The summed E-state index contributed by atoms with van der Waals surface area (Å²) in [6.07, 6.45) is 4.97. The second-order valence-electron chi connectivity index (χ2n) is 7.96. The van der Waals surface area contributed by atoms with E-state index in [1.54, 1.807) is 11.1 Å². The van der Waals surface area contributed by atoms with E-state index in [9.17, 15) is 4.79 Å². The van der Waals surface area contributed by atoms with Gasteiger partial charge in [0.05, 0.1) is 23.5 Å². The molecule has 1 amide bonds.